The lowest BCUT2D eigenvalue weighted by Crippen LogP contribution is -2.24. The molecule has 0 fully saturated rings. The van der Waals surface area contributed by atoms with Gasteiger partial charge in [0.15, 0.2) is 0 Å². The molecule has 0 aliphatic rings. The Morgan fingerprint density at radius 3 is 2.04 bits per heavy atom. The van der Waals surface area contributed by atoms with Gasteiger partial charge in [0.2, 0.25) is 0 Å². The first-order chi connectivity index (χ1) is 13.6. The van der Waals surface area contributed by atoms with Crippen molar-refractivity contribution in [1.29, 1.82) is 0 Å². The lowest BCUT2D eigenvalue weighted by atomic mass is 10.1. The first-order valence-electron chi connectivity index (χ1n) is 9.11. The first kappa shape index (κ1) is 19.3. The number of hydrogen-bond acceptors (Lipinski definition) is 2. The van der Waals surface area contributed by atoms with E-state index in [1.165, 1.54) is 17.7 Å². The normalized spacial score (nSPS) is 10.3. The minimum Gasteiger partial charge on any atom is -0.352 e. The van der Waals surface area contributed by atoms with E-state index >= 15 is 0 Å². The monoisotopic (exact) mass is 376 g/mol. The number of carbonyl (C=O) groups is 2. The van der Waals surface area contributed by atoms with Crippen LogP contribution in [0.25, 0.3) is 0 Å². The molecule has 2 amide bonds. The van der Waals surface area contributed by atoms with Crippen molar-refractivity contribution in [3.8, 4) is 0 Å². The molecule has 142 valence electrons. The summed E-state index contributed by atoms with van der Waals surface area (Å²) in [5.41, 5.74) is 2.18. The van der Waals surface area contributed by atoms with E-state index in [1.807, 2.05) is 18.2 Å². The molecule has 3 rings (SSSR count). The molecule has 0 radical (unpaired) electrons. The lowest BCUT2D eigenvalue weighted by molar-refractivity contribution is 0.0951. The molecular formula is C23H21FN2O2. The number of benzene rings is 3. The van der Waals surface area contributed by atoms with Gasteiger partial charge in [-0.05, 0) is 54.8 Å². The van der Waals surface area contributed by atoms with Gasteiger partial charge in [-0.25, -0.2) is 4.39 Å². The van der Waals surface area contributed by atoms with Crippen molar-refractivity contribution in [2.75, 3.05) is 11.9 Å². The average Bonchev–Trinajstić information content (AvgIpc) is 2.73. The third kappa shape index (κ3) is 5.27. The van der Waals surface area contributed by atoms with Gasteiger partial charge in [-0.1, -0.05) is 42.5 Å². The summed E-state index contributed by atoms with van der Waals surface area (Å²) in [6.45, 7) is 0.573. The number of aryl methyl sites for hydroxylation is 1. The number of rotatable bonds is 7. The Kier molecular flexibility index (Phi) is 6.52. The summed E-state index contributed by atoms with van der Waals surface area (Å²) in [4.78, 5) is 24.4. The molecule has 4 nitrogen and oxygen atoms in total. The van der Waals surface area contributed by atoms with E-state index in [1.54, 1.807) is 36.4 Å². The molecule has 3 aromatic carbocycles. The third-order valence-electron chi connectivity index (χ3n) is 4.30. The molecule has 0 spiro atoms. The third-order valence-corrected chi connectivity index (χ3v) is 4.30. The molecule has 0 unspecified atom stereocenters. The van der Waals surface area contributed by atoms with Gasteiger partial charge in [-0.3, -0.25) is 9.59 Å². The van der Waals surface area contributed by atoms with E-state index in [2.05, 4.69) is 22.8 Å². The summed E-state index contributed by atoms with van der Waals surface area (Å²) < 4.78 is 13.6. The number of nitrogens with one attached hydrogen (secondary N) is 2. The van der Waals surface area contributed by atoms with Gasteiger partial charge < -0.3 is 10.6 Å². The van der Waals surface area contributed by atoms with Crippen molar-refractivity contribution < 1.29 is 14.0 Å². The molecule has 3 aromatic rings. The van der Waals surface area contributed by atoms with Crippen LogP contribution in [-0.2, 0) is 6.42 Å². The highest BCUT2D eigenvalue weighted by Crippen LogP contribution is 2.14. The maximum atomic E-state index is 13.6. The summed E-state index contributed by atoms with van der Waals surface area (Å²) in [6.07, 6.45) is 1.75. The number of amides is 2. The van der Waals surface area contributed by atoms with Crippen molar-refractivity contribution >= 4 is 17.5 Å². The highest BCUT2D eigenvalue weighted by Gasteiger charge is 2.10. The van der Waals surface area contributed by atoms with Crippen LogP contribution in [0.4, 0.5) is 10.1 Å². The van der Waals surface area contributed by atoms with Gasteiger partial charge in [0.05, 0.1) is 5.69 Å². The fraction of sp³-hybridized carbons (Fsp3) is 0.130. The molecule has 0 aliphatic carbocycles. The highest BCUT2D eigenvalue weighted by atomic mass is 19.1. The van der Waals surface area contributed by atoms with Gasteiger partial charge in [0.25, 0.3) is 11.8 Å². The molecule has 0 saturated carbocycles. The summed E-state index contributed by atoms with van der Waals surface area (Å²) in [5, 5.41) is 5.39. The summed E-state index contributed by atoms with van der Waals surface area (Å²) >= 11 is 0. The van der Waals surface area contributed by atoms with Crippen LogP contribution in [0.5, 0.6) is 0 Å². The second kappa shape index (κ2) is 9.46. The Balaban J connectivity index is 1.49. The molecule has 2 N–H and O–H groups in total. The summed E-state index contributed by atoms with van der Waals surface area (Å²) in [7, 11) is 0. The van der Waals surface area contributed by atoms with E-state index in [0.717, 1.165) is 12.8 Å². The highest BCUT2D eigenvalue weighted by molar-refractivity contribution is 6.05. The smallest absolute Gasteiger partial charge is 0.255 e. The Labute approximate surface area is 163 Å². The fourth-order valence-electron chi connectivity index (χ4n) is 2.77. The molecule has 28 heavy (non-hydrogen) atoms. The SMILES string of the molecule is O=C(NCCCc1ccccc1)c1ccc(C(=O)Nc2ccccc2F)cc1. The van der Waals surface area contributed by atoms with E-state index in [-0.39, 0.29) is 11.6 Å². The zero-order chi connectivity index (χ0) is 19.8. The predicted molar refractivity (Wildman–Crippen MR) is 108 cm³/mol. The second-order valence-corrected chi connectivity index (χ2v) is 6.36. The number of anilines is 1. The zero-order valence-corrected chi connectivity index (χ0v) is 15.3. The molecule has 0 bridgehead atoms. The van der Waals surface area contributed by atoms with Crippen LogP contribution < -0.4 is 10.6 Å². The van der Waals surface area contributed by atoms with E-state index in [9.17, 15) is 14.0 Å². The molecule has 0 aliphatic heterocycles. The zero-order valence-electron chi connectivity index (χ0n) is 15.3. The number of para-hydroxylation sites is 1. The molecule has 0 aromatic heterocycles. The molecule has 0 saturated heterocycles. The van der Waals surface area contributed by atoms with E-state index in [0.29, 0.717) is 17.7 Å². The van der Waals surface area contributed by atoms with Crippen LogP contribution in [0.3, 0.4) is 0 Å². The van der Waals surface area contributed by atoms with Crippen LogP contribution in [0.1, 0.15) is 32.7 Å². The fourth-order valence-corrected chi connectivity index (χ4v) is 2.77. The van der Waals surface area contributed by atoms with Crippen LogP contribution >= 0.6 is 0 Å². The van der Waals surface area contributed by atoms with Gasteiger partial charge in [-0.15, -0.1) is 0 Å². The largest absolute Gasteiger partial charge is 0.352 e. The van der Waals surface area contributed by atoms with E-state index in [4.69, 9.17) is 0 Å². The molecule has 5 heteroatoms. The molecule has 0 heterocycles. The van der Waals surface area contributed by atoms with Crippen molar-refractivity contribution in [3.63, 3.8) is 0 Å². The van der Waals surface area contributed by atoms with Gasteiger partial charge in [-0.2, -0.15) is 0 Å². The maximum absolute atomic E-state index is 13.6. The molecular weight excluding hydrogens is 355 g/mol. The summed E-state index contributed by atoms with van der Waals surface area (Å²) in [5.74, 6) is -1.11. The Morgan fingerprint density at radius 1 is 0.750 bits per heavy atom. The van der Waals surface area contributed by atoms with Crippen LogP contribution in [0.2, 0.25) is 0 Å². The van der Waals surface area contributed by atoms with Crippen LogP contribution in [0, 0.1) is 5.82 Å². The summed E-state index contributed by atoms with van der Waals surface area (Å²) in [6, 6.07) is 22.3. The second-order valence-electron chi connectivity index (χ2n) is 6.36. The standard InChI is InChI=1S/C23H21FN2O2/c24-20-10-4-5-11-21(20)26-23(28)19-14-12-18(13-15-19)22(27)25-16-6-9-17-7-2-1-3-8-17/h1-5,7-8,10-15H,6,9,16H2,(H,25,27)(H,26,28). The van der Waals surface area contributed by atoms with Gasteiger partial charge in [0.1, 0.15) is 5.82 Å². The maximum Gasteiger partial charge on any atom is 0.255 e. The number of halogens is 1. The minimum absolute atomic E-state index is 0.118. The molecule has 0 atom stereocenters. The van der Waals surface area contributed by atoms with Crippen molar-refractivity contribution in [3.05, 3.63) is 101 Å². The van der Waals surface area contributed by atoms with Gasteiger partial charge in [0, 0.05) is 17.7 Å². The Hall–Kier alpha value is -3.47. The van der Waals surface area contributed by atoms with Crippen molar-refractivity contribution in [2.45, 2.75) is 12.8 Å². The number of hydrogen-bond donors (Lipinski definition) is 2. The van der Waals surface area contributed by atoms with E-state index < -0.39 is 11.7 Å². The minimum atomic E-state index is -0.498. The van der Waals surface area contributed by atoms with Crippen LogP contribution in [0.15, 0.2) is 78.9 Å². The van der Waals surface area contributed by atoms with Crippen molar-refractivity contribution in [2.24, 2.45) is 0 Å². The lowest BCUT2D eigenvalue weighted by Gasteiger charge is -2.08. The first-order valence-corrected chi connectivity index (χ1v) is 9.11. The quantitative estimate of drug-likeness (QED) is 0.599. The predicted octanol–water partition coefficient (Wildman–Crippen LogP) is 4.44. The van der Waals surface area contributed by atoms with Crippen molar-refractivity contribution in [1.82, 2.24) is 5.32 Å². The number of carbonyl (C=O) groups excluding carboxylic acids is 2. The van der Waals surface area contributed by atoms with Gasteiger partial charge >= 0.3 is 0 Å². The topological polar surface area (TPSA) is 58.2 Å². The Morgan fingerprint density at radius 2 is 1.36 bits per heavy atom. The Bertz CT molecular complexity index is 940. The average molecular weight is 376 g/mol. The van der Waals surface area contributed by atoms with Crippen LogP contribution in [-0.4, -0.2) is 18.4 Å².